The first-order chi connectivity index (χ1) is 11.0. The summed E-state index contributed by atoms with van der Waals surface area (Å²) in [5.74, 6) is -2.88. The van der Waals surface area contributed by atoms with Crippen molar-refractivity contribution in [1.82, 2.24) is 0 Å². The van der Waals surface area contributed by atoms with Crippen LogP contribution in [0.15, 0.2) is 42.5 Å². The second kappa shape index (κ2) is 7.08. The number of nitrogens with one attached hydrogen (secondary N) is 1. The number of benzene rings is 2. The Balaban J connectivity index is 2.27. The molecule has 0 saturated heterocycles. The van der Waals surface area contributed by atoms with Crippen LogP contribution in [0.2, 0.25) is 5.02 Å². The maximum absolute atomic E-state index is 12.4. The zero-order valence-electron chi connectivity index (χ0n) is 12.8. The number of carbonyl (C=O) groups is 2. The second-order valence-corrected chi connectivity index (χ2v) is 5.58. The molecule has 0 saturated carbocycles. The van der Waals surface area contributed by atoms with E-state index in [1.165, 1.54) is 0 Å². The average molecular weight is 327 g/mol. The Morgan fingerprint density at radius 1 is 1.09 bits per heavy atom. The van der Waals surface area contributed by atoms with Gasteiger partial charge in [0.25, 0.3) is 5.91 Å². The predicted molar refractivity (Wildman–Crippen MR) is 89.4 cm³/mol. The molecule has 4 nitrogen and oxygen atoms in total. The Morgan fingerprint density at radius 3 is 2.26 bits per heavy atom. The molecule has 0 aliphatic carbocycles. The van der Waals surface area contributed by atoms with Gasteiger partial charge in [0.05, 0.1) is 6.07 Å². The van der Waals surface area contributed by atoms with Crippen molar-refractivity contribution < 1.29 is 9.59 Å². The SMILES string of the molecule is Cc1cccc(C)c1NC(=O)C(=O)[C@H](C#N)c1ccccc1Cl. The molecule has 1 amide bonds. The number of nitriles is 1. The van der Waals surface area contributed by atoms with E-state index in [1.807, 2.05) is 38.1 Å². The third-order valence-corrected chi connectivity index (χ3v) is 3.90. The lowest BCUT2D eigenvalue weighted by Gasteiger charge is -2.13. The number of nitrogens with zero attached hydrogens (tertiary/aromatic N) is 1. The summed E-state index contributed by atoms with van der Waals surface area (Å²) in [4.78, 5) is 24.6. The maximum Gasteiger partial charge on any atom is 0.293 e. The zero-order valence-corrected chi connectivity index (χ0v) is 13.5. The van der Waals surface area contributed by atoms with Crippen molar-refractivity contribution >= 4 is 29.0 Å². The van der Waals surface area contributed by atoms with Crippen molar-refractivity contribution in [2.45, 2.75) is 19.8 Å². The number of ketones is 1. The van der Waals surface area contributed by atoms with E-state index in [0.717, 1.165) is 11.1 Å². The number of Topliss-reactive ketones (excluding diaryl/α,β-unsaturated/α-hetero) is 1. The molecular formula is C18H15ClN2O2. The van der Waals surface area contributed by atoms with Gasteiger partial charge < -0.3 is 5.32 Å². The molecule has 0 aliphatic heterocycles. The number of hydrogen-bond acceptors (Lipinski definition) is 3. The highest BCUT2D eigenvalue weighted by Gasteiger charge is 2.28. The molecule has 5 heteroatoms. The van der Waals surface area contributed by atoms with Gasteiger partial charge in [-0.1, -0.05) is 48.0 Å². The van der Waals surface area contributed by atoms with Crippen molar-refractivity contribution in [3.63, 3.8) is 0 Å². The minimum absolute atomic E-state index is 0.285. The number of anilines is 1. The van der Waals surface area contributed by atoms with Crippen LogP contribution in [0.4, 0.5) is 5.69 Å². The highest BCUT2D eigenvalue weighted by molar-refractivity contribution is 6.43. The van der Waals surface area contributed by atoms with Crippen molar-refractivity contribution in [3.8, 4) is 6.07 Å². The number of amides is 1. The monoisotopic (exact) mass is 326 g/mol. The number of rotatable bonds is 4. The molecule has 1 N–H and O–H groups in total. The highest BCUT2D eigenvalue weighted by Crippen LogP contribution is 2.26. The summed E-state index contributed by atoms with van der Waals surface area (Å²) in [7, 11) is 0. The summed E-state index contributed by atoms with van der Waals surface area (Å²) < 4.78 is 0. The number of aryl methyl sites for hydroxylation is 2. The van der Waals surface area contributed by atoms with Gasteiger partial charge in [-0.25, -0.2) is 0 Å². The van der Waals surface area contributed by atoms with Crippen LogP contribution in [0.25, 0.3) is 0 Å². The zero-order chi connectivity index (χ0) is 17.0. The smallest absolute Gasteiger partial charge is 0.293 e. The molecule has 1 atom stereocenters. The number of carbonyl (C=O) groups excluding carboxylic acids is 2. The molecule has 23 heavy (non-hydrogen) atoms. The number of hydrogen-bond donors (Lipinski definition) is 1. The Kier molecular flexibility index (Phi) is 5.15. The summed E-state index contributed by atoms with van der Waals surface area (Å²) in [6.07, 6.45) is 0. The third kappa shape index (κ3) is 3.58. The molecule has 0 aromatic heterocycles. The van der Waals surface area contributed by atoms with E-state index in [-0.39, 0.29) is 5.02 Å². The minimum atomic E-state index is -1.23. The van der Waals surface area contributed by atoms with Crippen LogP contribution in [0.5, 0.6) is 0 Å². The van der Waals surface area contributed by atoms with E-state index in [9.17, 15) is 14.9 Å². The standard InChI is InChI=1S/C18H15ClN2O2/c1-11-6-5-7-12(2)16(11)21-18(23)17(22)14(10-20)13-8-3-4-9-15(13)19/h3-9,14H,1-2H3,(H,21,23)/t14-/m1/s1. The lowest BCUT2D eigenvalue weighted by Crippen LogP contribution is -2.28. The van der Waals surface area contributed by atoms with Gasteiger partial charge in [-0.15, -0.1) is 0 Å². The highest BCUT2D eigenvalue weighted by atomic mass is 35.5. The maximum atomic E-state index is 12.4. The summed E-state index contributed by atoms with van der Waals surface area (Å²) in [6, 6.07) is 13.9. The summed E-state index contributed by atoms with van der Waals surface area (Å²) in [5.41, 5.74) is 2.61. The Hall–Kier alpha value is -2.64. The molecule has 0 fully saturated rings. The fraction of sp³-hybridized carbons (Fsp3) is 0.167. The normalized spacial score (nSPS) is 11.4. The van der Waals surface area contributed by atoms with E-state index in [2.05, 4.69) is 5.32 Å². The van der Waals surface area contributed by atoms with E-state index >= 15 is 0 Å². The van der Waals surface area contributed by atoms with E-state index in [1.54, 1.807) is 24.3 Å². The van der Waals surface area contributed by atoms with Crippen LogP contribution in [0.1, 0.15) is 22.6 Å². The molecule has 0 radical (unpaired) electrons. The molecule has 2 aromatic rings. The molecule has 2 rings (SSSR count). The molecule has 2 aromatic carbocycles. The quantitative estimate of drug-likeness (QED) is 0.869. The van der Waals surface area contributed by atoms with Crippen LogP contribution >= 0.6 is 11.6 Å². The van der Waals surface area contributed by atoms with Crippen molar-refractivity contribution in [2.24, 2.45) is 0 Å². The van der Waals surface area contributed by atoms with Gasteiger partial charge in [0, 0.05) is 10.7 Å². The van der Waals surface area contributed by atoms with E-state index in [4.69, 9.17) is 11.6 Å². The van der Waals surface area contributed by atoms with Crippen molar-refractivity contribution in [2.75, 3.05) is 5.32 Å². The molecule has 0 aliphatic rings. The first-order valence-corrected chi connectivity index (χ1v) is 7.39. The fourth-order valence-electron chi connectivity index (χ4n) is 2.30. The Labute approximate surface area is 139 Å². The van der Waals surface area contributed by atoms with E-state index in [0.29, 0.717) is 11.3 Å². The second-order valence-electron chi connectivity index (χ2n) is 5.17. The van der Waals surface area contributed by atoms with Crippen LogP contribution in [0.3, 0.4) is 0 Å². The Morgan fingerprint density at radius 2 is 1.70 bits per heavy atom. The lowest BCUT2D eigenvalue weighted by atomic mass is 9.95. The Bertz CT molecular complexity index is 789. The molecule has 0 heterocycles. The topological polar surface area (TPSA) is 70.0 Å². The molecular weight excluding hydrogens is 312 g/mol. The summed E-state index contributed by atoms with van der Waals surface area (Å²) in [6.45, 7) is 3.67. The molecule has 0 unspecified atom stereocenters. The van der Waals surface area contributed by atoms with Crippen LogP contribution in [0, 0.1) is 25.2 Å². The largest absolute Gasteiger partial charge is 0.319 e. The molecule has 0 bridgehead atoms. The van der Waals surface area contributed by atoms with Crippen molar-refractivity contribution in [3.05, 3.63) is 64.2 Å². The number of halogens is 1. The van der Waals surface area contributed by atoms with Gasteiger partial charge in [-0.3, -0.25) is 9.59 Å². The first-order valence-electron chi connectivity index (χ1n) is 7.01. The third-order valence-electron chi connectivity index (χ3n) is 3.55. The van der Waals surface area contributed by atoms with Gasteiger partial charge in [-0.2, -0.15) is 5.26 Å². The van der Waals surface area contributed by atoms with Gasteiger partial charge in [-0.05, 0) is 36.6 Å². The van der Waals surface area contributed by atoms with Gasteiger partial charge >= 0.3 is 0 Å². The lowest BCUT2D eigenvalue weighted by molar-refractivity contribution is -0.135. The molecule has 116 valence electrons. The molecule has 0 spiro atoms. The predicted octanol–water partition coefficient (Wildman–Crippen LogP) is 3.77. The van der Waals surface area contributed by atoms with Crippen LogP contribution in [-0.4, -0.2) is 11.7 Å². The summed E-state index contributed by atoms with van der Waals surface area (Å²) >= 11 is 6.02. The van der Waals surface area contributed by atoms with Gasteiger partial charge in [0.15, 0.2) is 0 Å². The fourth-order valence-corrected chi connectivity index (χ4v) is 2.54. The first kappa shape index (κ1) is 16.7. The van der Waals surface area contributed by atoms with Crippen molar-refractivity contribution in [1.29, 1.82) is 5.26 Å². The number of para-hydroxylation sites is 1. The average Bonchev–Trinajstić information content (AvgIpc) is 2.53. The van der Waals surface area contributed by atoms with E-state index < -0.39 is 17.6 Å². The van der Waals surface area contributed by atoms with Gasteiger partial charge in [0.1, 0.15) is 5.92 Å². The minimum Gasteiger partial charge on any atom is -0.319 e. The summed E-state index contributed by atoms with van der Waals surface area (Å²) in [5, 5.41) is 12.2. The van der Waals surface area contributed by atoms with Gasteiger partial charge in [0.2, 0.25) is 5.78 Å². The van der Waals surface area contributed by atoms with Crippen LogP contribution in [-0.2, 0) is 9.59 Å². The van der Waals surface area contributed by atoms with Crippen LogP contribution < -0.4 is 5.32 Å².